The van der Waals surface area contributed by atoms with Gasteiger partial charge < -0.3 is 5.32 Å². The van der Waals surface area contributed by atoms with Gasteiger partial charge in [0.15, 0.2) is 5.69 Å². The Kier molecular flexibility index (Phi) is 4.12. The molecule has 3 rings (SSSR count). The average Bonchev–Trinajstić information content (AvgIpc) is 2.99. The van der Waals surface area contributed by atoms with E-state index in [1.165, 1.54) is 5.56 Å². The summed E-state index contributed by atoms with van der Waals surface area (Å²) in [5.41, 5.74) is 4.11. The van der Waals surface area contributed by atoms with E-state index >= 15 is 0 Å². The van der Waals surface area contributed by atoms with Gasteiger partial charge in [0.25, 0.3) is 5.91 Å². The molecular weight excluding hydrogens is 314 g/mol. The summed E-state index contributed by atoms with van der Waals surface area (Å²) in [5.74, 6) is -0.0179. The van der Waals surface area contributed by atoms with Gasteiger partial charge in [-0.05, 0) is 65.6 Å². The molecule has 0 aliphatic carbocycles. The number of aryl methyl sites for hydroxylation is 2. The van der Waals surface area contributed by atoms with Gasteiger partial charge in [-0.2, -0.15) is 0 Å². The average molecular weight is 328 g/mol. The van der Waals surface area contributed by atoms with Crippen molar-refractivity contribution in [2.75, 3.05) is 5.32 Å². The second-order valence-electron chi connectivity index (χ2n) is 5.22. The van der Waals surface area contributed by atoms with Crippen molar-refractivity contribution >= 4 is 23.3 Å². The first-order valence-corrected chi connectivity index (χ1v) is 7.39. The van der Waals surface area contributed by atoms with Gasteiger partial charge in [-0.3, -0.25) is 4.79 Å². The number of hydrogen-bond acceptors (Lipinski definition) is 4. The zero-order chi connectivity index (χ0) is 16.4. The van der Waals surface area contributed by atoms with Gasteiger partial charge in [0.2, 0.25) is 5.82 Å². The maximum atomic E-state index is 12.3. The molecule has 0 aliphatic heterocycles. The minimum absolute atomic E-state index is 0.285. The van der Waals surface area contributed by atoms with Crippen molar-refractivity contribution in [3.8, 4) is 11.3 Å². The molecule has 0 radical (unpaired) electrons. The largest absolute Gasteiger partial charge is 0.302 e. The van der Waals surface area contributed by atoms with Gasteiger partial charge in [0.1, 0.15) is 0 Å². The van der Waals surface area contributed by atoms with Crippen LogP contribution < -0.4 is 5.32 Å². The number of halogens is 1. The van der Waals surface area contributed by atoms with E-state index in [1.807, 2.05) is 32.0 Å². The number of nitrogens with one attached hydrogen (secondary N) is 1. The number of rotatable bonds is 3. The molecule has 2 aromatic carbocycles. The molecule has 1 amide bonds. The maximum absolute atomic E-state index is 12.3. The molecule has 1 heterocycles. The molecule has 5 nitrogen and oxygen atoms in total. The van der Waals surface area contributed by atoms with Crippen molar-refractivity contribution in [1.29, 1.82) is 0 Å². The van der Waals surface area contributed by atoms with Gasteiger partial charge in [0, 0.05) is 16.1 Å². The Bertz CT molecular complexity index is 857. The zero-order valence-corrected chi connectivity index (χ0v) is 13.4. The van der Waals surface area contributed by atoms with Crippen LogP contribution in [0.4, 0.5) is 5.82 Å². The highest BCUT2D eigenvalue weighted by Crippen LogP contribution is 2.26. The summed E-state index contributed by atoms with van der Waals surface area (Å²) in [6, 6.07) is 12.5. The summed E-state index contributed by atoms with van der Waals surface area (Å²) < 4.78 is 4.79. The quantitative estimate of drug-likeness (QED) is 0.780. The molecule has 1 aromatic heterocycles. The normalized spacial score (nSPS) is 10.6. The van der Waals surface area contributed by atoms with Crippen LogP contribution in [0.15, 0.2) is 47.1 Å². The minimum atomic E-state index is -0.303. The van der Waals surface area contributed by atoms with Gasteiger partial charge in [-0.15, -0.1) is 0 Å². The predicted molar refractivity (Wildman–Crippen MR) is 88.6 cm³/mol. The van der Waals surface area contributed by atoms with Crippen molar-refractivity contribution in [2.45, 2.75) is 13.8 Å². The van der Waals surface area contributed by atoms with Gasteiger partial charge >= 0.3 is 0 Å². The summed E-state index contributed by atoms with van der Waals surface area (Å²) in [5, 5.41) is 11.0. The molecule has 3 aromatic rings. The van der Waals surface area contributed by atoms with E-state index in [2.05, 4.69) is 15.6 Å². The third kappa shape index (κ3) is 3.24. The van der Waals surface area contributed by atoms with Crippen LogP contribution >= 0.6 is 11.6 Å². The Morgan fingerprint density at radius 3 is 2.48 bits per heavy atom. The van der Waals surface area contributed by atoms with E-state index < -0.39 is 0 Å². The van der Waals surface area contributed by atoms with Crippen LogP contribution in [-0.4, -0.2) is 16.2 Å². The van der Waals surface area contributed by atoms with Gasteiger partial charge in [-0.25, -0.2) is 4.63 Å². The summed E-state index contributed by atoms with van der Waals surface area (Å²) in [6.45, 7) is 4.04. The maximum Gasteiger partial charge on any atom is 0.256 e. The highest BCUT2D eigenvalue weighted by Gasteiger charge is 2.16. The molecular formula is C17H14ClN3O2. The Morgan fingerprint density at radius 2 is 1.78 bits per heavy atom. The standard InChI is InChI=1S/C17H14ClN3O2/c1-10-3-4-13(9-11(10)2)15-16(21-23-20-15)19-17(22)12-5-7-14(18)8-6-12/h3-9H,1-2H3,(H,19,21,22). The van der Waals surface area contributed by atoms with E-state index in [1.54, 1.807) is 24.3 Å². The number of nitrogens with zero attached hydrogens (tertiary/aromatic N) is 2. The number of carbonyl (C=O) groups is 1. The topological polar surface area (TPSA) is 68.0 Å². The number of aromatic nitrogens is 2. The summed E-state index contributed by atoms with van der Waals surface area (Å²) in [6.07, 6.45) is 0. The van der Waals surface area contributed by atoms with Gasteiger partial charge in [-0.1, -0.05) is 23.7 Å². The Morgan fingerprint density at radius 1 is 1.04 bits per heavy atom. The number of carbonyl (C=O) groups excluding carboxylic acids is 1. The van der Waals surface area contributed by atoms with Crippen molar-refractivity contribution in [1.82, 2.24) is 10.3 Å². The first-order chi connectivity index (χ1) is 11.0. The van der Waals surface area contributed by atoms with Gasteiger partial charge in [0.05, 0.1) is 0 Å². The fourth-order valence-corrected chi connectivity index (χ4v) is 2.26. The van der Waals surface area contributed by atoms with E-state index in [4.69, 9.17) is 16.2 Å². The molecule has 0 saturated heterocycles. The first kappa shape index (κ1) is 15.2. The molecule has 0 bridgehead atoms. The highest BCUT2D eigenvalue weighted by atomic mass is 35.5. The zero-order valence-electron chi connectivity index (χ0n) is 12.6. The summed E-state index contributed by atoms with van der Waals surface area (Å²) in [7, 11) is 0. The van der Waals surface area contributed by atoms with Crippen LogP contribution in [-0.2, 0) is 0 Å². The molecule has 6 heteroatoms. The molecule has 0 unspecified atom stereocenters. The lowest BCUT2D eigenvalue weighted by atomic mass is 10.0. The number of amides is 1. The summed E-state index contributed by atoms with van der Waals surface area (Å²) in [4.78, 5) is 12.3. The third-order valence-electron chi connectivity index (χ3n) is 3.61. The monoisotopic (exact) mass is 327 g/mol. The van der Waals surface area contributed by atoms with Crippen molar-refractivity contribution in [3.05, 3.63) is 64.2 Å². The summed E-state index contributed by atoms with van der Waals surface area (Å²) >= 11 is 5.82. The van der Waals surface area contributed by atoms with Crippen LogP contribution in [0.3, 0.4) is 0 Å². The molecule has 0 spiro atoms. The lowest BCUT2D eigenvalue weighted by molar-refractivity contribution is 0.102. The Balaban J connectivity index is 1.87. The Hall–Kier alpha value is -2.66. The molecule has 0 atom stereocenters. The Labute approximate surface area is 138 Å². The third-order valence-corrected chi connectivity index (χ3v) is 3.86. The SMILES string of the molecule is Cc1ccc(-c2nonc2NC(=O)c2ccc(Cl)cc2)cc1C. The van der Waals surface area contributed by atoms with Crippen LogP contribution in [0.1, 0.15) is 21.5 Å². The number of hydrogen-bond donors (Lipinski definition) is 1. The predicted octanol–water partition coefficient (Wildman–Crippen LogP) is 4.26. The molecule has 0 fully saturated rings. The minimum Gasteiger partial charge on any atom is -0.302 e. The molecule has 23 heavy (non-hydrogen) atoms. The smallest absolute Gasteiger partial charge is 0.256 e. The van der Waals surface area contributed by atoms with E-state index in [9.17, 15) is 4.79 Å². The van der Waals surface area contributed by atoms with Crippen LogP contribution in [0.5, 0.6) is 0 Å². The molecule has 0 aliphatic rings. The van der Waals surface area contributed by atoms with Crippen molar-refractivity contribution in [2.24, 2.45) is 0 Å². The van der Waals surface area contributed by atoms with E-state index in [-0.39, 0.29) is 11.7 Å². The molecule has 0 saturated carbocycles. The number of anilines is 1. The van der Waals surface area contributed by atoms with E-state index in [0.29, 0.717) is 16.3 Å². The second kappa shape index (κ2) is 6.22. The second-order valence-corrected chi connectivity index (χ2v) is 5.66. The van der Waals surface area contributed by atoms with Crippen molar-refractivity contribution in [3.63, 3.8) is 0 Å². The molecule has 1 N–H and O–H groups in total. The van der Waals surface area contributed by atoms with Crippen LogP contribution in [0.2, 0.25) is 5.02 Å². The molecule has 116 valence electrons. The van der Waals surface area contributed by atoms with E-state index in [0.717, 1.165) is 11.1 Å². The lowest BCUT2D eigenvalue weighted by Gasteiger charge is -2.05. The van der Waals surface area contributed by atoms with Crippen LogP contribution in [0, 0.1) is 13.8 Å². The highest BCUT2D eigenvalue weighted by molar-refractivity contribution is 6.30. The fraction of sp³-hybridized carbons (Fsp3) is 0.118. The number of benzene rings is 2. The lowest BCUT2D eigenvalue weighted by Crippen LogP contribution is -2.12. The first-order valence-electron chi connectivity index (χ1n) is 7.01. The van der Waals surface area contributed by atoms with Crippen molar-refractivity contribution < 1.29 is 9.42 Å². The van der Waals surface area contributed by atoms with Crippen LogP contribution in [0.25, 0.3) is 11.3 Å². The fourth-order valence-electron chi connectivity index (χ4n) is 2.13.